The van der Waals surface area contributed by atoms with Crippen molar-refractivity contribution < 1.29 is 4.79 Å². The van der Waals surface area contributed by atoms with E-state index in [1.54, 1.807) is 19.1 Å². The van der Waals surface area contributed by atoms with Crippen LogP contribution in [0.5, 0.6) is 0 Å². The van der Waals surface area contributed by atoms with Crippen LogP contribution in [-0.4, -0.2) is 10.9 Å². The third-order valence-corrected chi connectivity index (χ3v) is 4.37. The summed E-state index contributed by atoms with van der Waals surface area (Å²) in [6.45, 7) is 10.2. The van der Waals surface area contributed by atoms with Crippen LogP contribution in [0.25, 0.3) is 0 Å². The predicted molar refractivity (Wildman–Crippen MR) is 109 cm³/mol. The number of rotatable bonds is 4. The standard InChI is InChI=1S/C21H26N2OS/c1-14(16-9-11-18(12-10-16)21(3,4)5)22-20(25)23-19-8-6-7-17(13-19)15(2)24/h6-14H,1-5H3,(H2,22,23,25). The summed E-state index contributed by atoms with van der Waals surface area (Å²) < 4.78 is 0. The zero-order valence-electron chi connectivity index (χ0n) is 15.5. The van der Waals surface area contributed by atoms with Crippen LogP contribution in [0.15, 0.2) is 48.5 Å². The lowest BCUT2D eigenvalue weighted by atomic mass is 9.86. The van der Waals surface area contributed by atoms with Crippen LogP contribution in [0.2, 0.25) is 0 Å². The van der Waals surface area contributed by atoms with Crippen molar-refractivity contribution in [1.82, 2.24) is 5.32 Å². The van der Waals surface area contributed by atoms with Crippen LogP contribution in [0.1, 0.15) is 62.1 Å². The highest BCUT2D eigenvalue weighted by Crippen LogP contribution is 2.24. The lowest BCUT2D eigenvalue weighted by molar-refractivity contribution is 0.101. The second-order valence-corrected chi connectivity index (χ2v) is 7.74. The largest absolute Gasteiger partial charge is 0.356 e. The average Bonchev–Trinajstić information content (AvgIpc) is 2.54. The van der Waals surface area contributed by atoms with E-state index in [0.717, 1.165) is 5.69 Å². The van der Waals surface area contributed by atoms with Crippen molar-refractivity contribution in [3.63, 3.8) is 0 Å². The third-order valence-electron chi connectivity index (χ3n) is 4.15. The van der Waals surface area contributed by atoms with Gasteiger partial charge in [0.15, 0.2) is 10.9 Å². The summed E-state index contributed by atoms with van der Waals surface area (Å²) >= 11 is 5.40. The molecule has 3 nitrogen and oxygen atoms in total. The lowest BCUT2D eigenvalue weighted by Crippen LogP contribution is -2.31. The first-order valence-corrected chi connectivity index (χ1v) is 8.86. The van der Waals surface area contributed by atoms with Gasteiger partial charge < -0.3 is 10.6 Å². The molecule has 2 rings (SSSR count). The number of benzene rings is 2. The van der Waals surface area contributed by atoms with E-state index in [1.165, 1.54) is 11.1 Å². The molecule has 0 bridgehead atoms. The topological polar surface area (TPSA) is 41.1 Å². The van der Waals surface area contributed by atoms with Gasteiger partial charge in [0.1, 0.15) is 0 Å². The Hall–Kier alpha value is -2.20. The molecule has 0 aliphatic rings. The minimum Gasteiger partial charge on any atom is -0.356 e. The maximum Gasteiger partial charge on any atom is 0.171 e. The lowest BCUT2D eigenvalue weighted by Gasteiger charge is -2.21. The summed E-state index contributed by atoms with van der Waals surface area (Å²) in [4.78, 5) is 11.5. The van der Waals surface area contributed by atoms with E-state index in [-0.39, 0.29) is 17.2 Å². The Labute approximate surface area is 155 Å². The first kappa shape index (κ1) is 19.1. The summed E-state index contributed by atoms with van der Waals surface area (Å²) in [5.74, 6) is 0.0369. The minimum absolute atomic E-state index is 0.0369. The Morgan fingerprint density at radius 1 is 1.08 bits per heavy atom. The number of hydrogen-bond donors (Lipinski definition) is 2. The van der Waals surface area contributed by atoms with Gasteiger partial charge in [-0.05, 0) is 54.7 Å². The highest BCUT2D eigenvalue weighted by molar-refractivity contribution is 7.80. The molecule has 0 saturated carbocycles. The van der Waals surface area contributed by atoms with Gasteiger partial charge in [0.05, 0.1) is 6.04 Å². The molecule has 0 aliphatic heterocycles. The molecule has 25 heavy (non-hydrogen) atoms. The number of carbonyl (C=O) groups excluding carboxylic acids is 1. The molecular formula is C21H26N2OS. The zero-order valence-corrected chi connectivity index (χ0v) is 16.3. The smallest absolute Gasteiger partial charge is 0.171 e. The van der Waals surface area contributed by atoms with Crippen LogP contribution in [0.4, 0.5) is 5.69 Å². The van der Waals surface area contributed by atoms with Crippen LogP contribution in [0, 0.1) is 0 Å². The van der Waals surface area contributed by atoms with Gasteiger partial charge in [-0.3, -0.25) is 4.79 Å². The second-order valence-electron chi connectivity index (χ2n) is 7.33. The van der Waals surface area contributed by atoms with Gasteiger partial charge in [0.25, 0.3) is 0 Å². The van der Waals surface area contributed by atoms with E-state index in [2.05, 4.69) is 62.6 Å². The third kappa shape index (κ3) is 5.40. The van der Waals surface area contributed by atoms with Gasteiger partial charge >= 0.3 is 0 Å². The van der Waals surface area contributed by atoms with Crippen LogP contribution >= 0.6 is 12.2 Å². The summed E-state index contributed by atoms with van der Waals surface area (Å²) in [5.41, 5.74) is 4.10. The monoisotopic (exact) mass is 354 g/mol. The van der Waals surface area contributed by atoms with E-state index in [0.29, 0.717) is 10.7 Å². The Bertz CT molecular complexity index is 760. The molecule has 2 N–H and O–H groups in total. The number of thiocarbonyl (C=S) groups is 1. The number of carbonyl (C=O) groups is 1. The van der Waals surface area contributed by atoms with Gasteiger partial charge in [0.2, 0.25) is 0 Å². The minimum atomic E-state index is 0.0369. The van der Waals surface area contributed by atoms with Crippen molar-refractivity contribution in [2.45, 2.75) is 46.1 Å². The van der Waals surface area contributed by atoms with Crippen molar-refractivity contribution in [3.05, 3.63) is 65.2 Å². The van der Waals surface area contributed by atoms with Gasteiger partial charge in [-0.25, -0.2) is 0 Å². The summed E-state index contributed by atoms with van der Waals surface area (Å²) in [7, 11) is 0. The Morgan fingerprint density at radius 2 is 1.72 bits per heavy atom. The number of anilines is 1. The predicted octanol–water partition coefficient (Wildman–Crippen LogP) is 5.23. The van der Waals surface area contributed by atoms with E-state index in [9.17, 15) is 4.79 Å². The van der Waals surface area contributed by atoms with E-state index in [1.807, 2.05) is 12.1 Å². The molecule has 0 fully saturated rings. The van der Waals surface area contributed by atoms with E-state index in [4.69, 9.17) is 12.2 Å². The molecular weight excluding hydrogens is 328 g/mol. The van der Waals surface area contributed by atoms with Crippen molar-refractivity contribution in [2.24, 2.45) is 0 Å². The summed E-state index contributed by atoms with van der Waals surface area (Å²) in [6.07, 6.45) is 0. The molecule has 1 atom stereocenters. The molecule has 132 valence electrons. The molecule has 1 unspecified atom stereocenters. The maximum atomic E-state index is 11.5. The van der Waals surface area contributed by atoms with Crippen molar-refractivity contribution in [3.8, 4) is 0 Å². The zero-order chi connectivity index (χ0) is 18.6. The fourth-order valence-corrected chi connectivity index (χ4v) is 2.83. The number of nitrogens with one attached hydrogen (secondary N) is 2. The first-order valence-electron chi connectivity index (χ1n) is 8.46. The SMILES string of the molecule is CC(=O)c1cccc(NC(=S)NC(C)c2ccc(C(C)(C)C)cc2)c1. The van der Waals surface area contributed by atoms with Gasteiger partial charge in [-0.15, -0.1) is 0 Å². The highest BCUT2D eigenvalue weighted by atomic mass is 32.1. The number of ketones is 1. The molecule has 0 aromatic heterocycles. The fraction of sp³-hybridized carbons (Fsp3) is 0.333. The van der Waals surface area contributed by atoms with E-state index >= 15 is 0 Å². The Balaban J connectivity index is 2.00. The first-order chi connectivity index (χ1) is 11.7. The summed E-state index contributed by atoms with van der Waals surface area (Å²) in [5, 5.41) is 6.96. The molecule has 0 heterocycles. The molecule has 2 aromatic carbocycles. The van der Waals surface area contributed by atoms with E-state index < -0.39 is 0 Å². The summed E-state index contributed by atoms with van der Waals surface area (Å²) in [6, 6.07) is 16.0. The molecule has 0 radical (unpaired) electrons. The average molecular weight is 355 g/mol. The molecule has 0 saturated heterocycles. The van der Waals surface area contributed by atoms with Gasteiger partial charge in [-0.1, -0.05) is 57.2 Å². The Morgan fingerprint density at radius 3 is 2.28 bits per heavy atom. The maximum absolute atomic E-state index is 11.5. The van der Waals surface area contributed by atoms with Crippen LogP contribution in [-0.2, 0) is 5.41 Å². The highest BCUT2D eigenvalue weighted by Gasteiger charge is 2.14. The van der Waals surface area contributed by atoms with Gasteiger partial charge in [0, 0.05) is 11.3 Å². The quantitative estimate of drug-likeness (QED) is 0.582. The Kier molecular flexibility index (Phi) is 5.96. The van der Waals surface area contributed by atoms with Crippen molar-refractivity contribution in [1.29, 1.82) is 0 Å². The van der Waals surface area contributed by atoms with Gasteiger partial charge in [-0.2, -0.15) is 0 Å². The molecule has 0 spiro atoms. The fourth-order valence-electron chi connectivity index (χ4n) is 2.53. The van der Waals surface area contributed by atoms with Crippen molar-refractivity contribution >= 4 is 28.8 Å². The number of Topliss-reactive ketones (excluding diaryl/α,β-unsaturated/α-hetero) is 1. The normalized spacial score (nSPS) is 12.4. The van der Waals surface area contributed by atoms with Crippen LogP contribution < -0.4 is 10.6 Å². The molecule has 4 heteroatoms. The molecule has 0 aliphatic carbocycles. The molecule has 0 amide bonds. The number of hydrogen-bond acceptors (Lipinski definition) is 2. The van der Waals surface area contributed by atoms with Crippen LogP contribution in [0.3, 0.4) is 0 Å². The van der Waals surface area contributed by atoms with Crippen molar-refractivity contribution in [2.75, 3.05) is 5.32 Å². The second kappa shape index (κ2) is 7.79. The molecule has 2 aromatic rings.